The third kappa shape index (κ3) is 9.55. The van der Waals surface area contributed by atoms with Crippen LogP contribution in [0.15, 0.2) is 79.1 Å². The van der Waals surface area contributed by atoms with Gasteiger partial charge in [-0.05, 0) is 73.4 Å². The number of ether oxygens (including phenoxy) is 3. The Kier molecular flexibility index (Phi) is 12.9. The number of piperidine rings is 1. The van der Waals surface area contributed by atoms with Crippen LogP contribution in [0.1, 0.15) is 70.2 Å². The maximum Gasteiger partial charge on any atom is 0.263 e. The fourth-order valence-corrected chi connectivity index (χ4v) is 8.92. The fourth-order valence-electron chi connectivity index (χ4n) is 8.04. The highest BCUT2D eigenvalue weighted by atomic mass is 32.1. The lowest BCUT2D eigenvalue weighted by molar-refractivity contribution is -0.135. The summed E-state index contributed by atoms with van der Waals surface area (Å²) >= 11 is 1.45. The molecule has 0 bridgehead atoms. The molecule has 2 aromatic heterocycles. The van der Waals surface area contributed by atoms with Crippen LogP contribution < -0.4 is 29.9 Å². The van der Waals surface area contributed by atoms with Gasteiger partial charge in [-0.3, -0.25) is 34.8 Å². The summed E-state index contributed by atoms with van der Waals surface area (Å²) in [4.78, 5) is 64.7. The SMILES string of the molecule is CCCCC(Cc1c[nH]c2ccccc12)NC(=O)c1cnc(N2CCN(c3ccc(OCCOCCOc4ccc5c(c4)C(=N)N(C4CCC(=O)NC4=O)C5=O)cc3)CC2)s1. The number of rotatable bonds is 18. The summed E-state index contributed by atoms with van der Waals surface area (Å²) in [7, 11) is 0. The number of aromatic amines is 1. The Balaban J connectivity index is 0.730. The van der Waals surface area contributed by atoms with Crippen LogP contribution in [-0.2, 0) is 20.7 Å². The van der Waals surface area contributed by atoms with Gasteiger partial charge < -0.3 is 34.3 Å². The van der Waals surface area contributed by atoms with Gasteiger partial charge in [0.15, 0.2) is 5.13 Å². The number of para-hydroxylation sites is 1. The van der Waals surface area contributed by atoms with Crippen LogP contribution in [0.25, 0.3) is 10.9 Å². The molecule has 0 aliphatic carbocycles. The van der Waals surface area contributed by atoms with E-state index in [1.807, 2.05) is 18.2 Å². The Hall–Kier alpha value is -6.26. The molecule has 5 heterocycles. The van der Waals surface area contributed by atoms with Crippen molar-refractivity contribution in [3.63, 3.8) is 0 Å². The second kappa shape index (κ2) is 19.0. The smallest absolute Gasteiger partial charge is 0.263 e. The zero-order valence-corrected chi connectivity index (χ0v) is 34.9. The predicted molar refractivity (Wildman–Crippen MR) is 233 cm³/mol. The van der Waals surface area contributed by atoms with Crippen molar-refractivity contribution in [1.82, 2.24) is 25.5 Å². The van der Waals surface area contributed by atoms with Gasteiger partial charge in [0.1, 0.15) is 41.5 Å². The molecule has 3 aromatic carbocycles. The molecule has 16 heteroatoms. The average molecular weight is 847 g/mol. The molecule has 15 nitrogen and oxygen atoms in total. The number of benzene rings is 3. The molecule has 2 atom stereocenters. The average Bonchev–Trinajstić information content (AvgIpc) is 4.00. The van der Waals surface area contributed by atoms with E-state index in [1.165, 1.54) is 22.3 Å². The van der Waals surface area contributed by atoms with Crippen molar-refractivity contribution >= 4 is 62.5 Å². The van der Waals surface area contributed by atoms with Crippen LogP contribution >= 0.6 is 11.3 Å². The Labute approximate surface area is 357 Å². The van der Waals surface area contributed by atoms with Crippen LogP contribution in [0.5, 0.6) is 11.5 Å². The summed E-state index contributed by atoms with van der Waals surface area (Å²) in [5, 5.41) is 16.2. The van der Waals surface area contributed by atoms with E-state index in [2.05, 4.69) is 73.9 Å². The zero-order chi connectivity index (χ0) is 42.3. The number of piperazine rings is 1. The highest BCUT2D eigenvalue weighted by Gasteiger charge is 2.42. The van der Waals surface area contributed by atoms with Gasteiger partial charge in [-0.15, -0.1) is 0 Å². The lowest BCUT2D eigenvalue weighted by Crippen LogP contribution is -2.54. The number of carbonyl (C=O) groups excluding carboxylic acids is 4. The summed E-state index contributed by atoms with van der Waals surface area (Å²) in [6, 6.07) is 20.3. The maximum atomic E-state index is 13.4. The molecule has 4 amide bonds. The number of amidine groups is 1. The zero-order valence-electron chi connectivity index (χ0n) is 34.1. The minimum atomic E-state index is -0.893. The van der Waals surface area contributed by atoms with E-state index in [0.29, 0.717) is 41.6 Å². The van der Waals surface area contributed by atoms with E-state index >= 15 is 0 Å². The molecule has 318 valence electrons. The van der Waals surface area contributed by atoms with Crippen molar-refractivity contribution in [2.24, 2.45) is 0 Å². The van der Waals surface area contributed by atoms with Gasteiger partial charge in [-0.1, -0.05) is 49.3 Å². The number of imide groups is 1. The number of H-pyrrole nitrogens is 1. The Morgan fingerprint density at radius 2 is 1.67 bits per heavy atom. The summed E-state index contributed by atoms with van der Waals surface area (Å²) in [5.41, 5.74) is 4.14. The molecule has 3 aliphatic rings. The van der Waals surface area contributed by atoms with E-state index in [9.17, 15) is 19.2 Å². The van der Waals surface area contributed by atoms with Gasteiger partial charge in [0.25, 0.3) is 11.8 Å². The highest BCUT2D eigenvalue weighted by Crippen LogP contribution is 2.31. The lowest BCUT2D eigenvalue weighted by atomic mass is 10.0. The molecular formula is C45H50N8O7S. The topological polar surface area (TPSA) is 182 Å². The van der Waals surface area contributed by atoms with Gasteiger partial charge in [-0.25, -0.2) is 4.98 Å². The Morgan fingerprint density at radius 3 is 2.44 bits per heavy atom. The van der Waals surface area contributed by atoms with Gasteiger partial charge in [0.05, 0.1) is 25.0 Å². The van der Waals surface area contributed by atoms with Crippen molar-refractivity contribution in [1.29, 1.82) is 5.41 Å². The van der Waals surface area contributed by atoms with Crippen molar-refractivity contribution in [3.8, 4) is 11.5 Å². The number of thiazole rings is 1. The molecule has 2 saturated heterocycles. The van der Waals surface area contributed by atoms with Crippen LogP contribution in [0, 0.1) is 5.41 Å². The van der Waals surface area contributed by atoms with Crippen molar-refractivity contribution in [3.05, 3.63) is 101 Å². The first-order valence-electron chi connectivity index (χ1n) is 20.9. The molecule has 61 heavy (non-hydrogen) atoms. The molecular weight excluding hydrogens is 797 g/mol. The third-order valence-corrected chi connectivity index (χ3v) is 12.4. The monoisotopic (exact) mass is 846 g/mol. The molecule has 8 rings (SSSR count). The Bertz CT molecular complexity index is 2390. The third-order valence-electron chi connectivity index (χ3n) is 11.3. The minimum absolute atomic E-state index is 0.0412. The summed E-state index contributed by atoms with van der Waals surface area (Å²) in [6.07, 6.45) is 7.88. The van der Waals surface area contributed by atoms with E-state index in [4.69, 9.17) is 19.6 Å². The molecule has 5 aromatic rings. The standard InChI is InChI=1S/C45H50N8O7S/c1-2-3-6-30(25-29-27-47-37-8-5-4-7-34(29)37)49-43(56)39-28-48-45(61-39)52-19-17-51(18-20-52)31-9-11-32(12-10-31)59-23-21-58-22-24-60-33-13-14-35-36(26-33)41(46)53(44(35)57)38-15-16-40(54)50-42(38)55/h4-5,7-14,26-28,30,38,46-47H,2-3,6,15-25H2,1H3,(H,49,56)(H,50,54,55). The van der Waals surface area contributed by atoms with E-state index < -0.39 is 17.9 Å². The molecule has 2 fully saturated rings. The van der Waals surface area contributed by atoms with Gasteiger partial charge in [-0.2, -0.15) is 0 Å². The minimum Gasteiger partial charge on any atom is -0.491 e. The van der Waals surface area contributed by atoms with E-state index in [1.54, 1.807) is 24.4 Å². The van der Waals surface area contributed by atoms with Gasteiger partial charge in [0, 0.05) is 67.0 Å². The molecule has 4 N–H and O–H groups in total. The summed E-state index contributed by atoms with van der Waals surface area (Å²) in [6.45, 7) is 6.72. The number of carbonyl (C=O) groups is 4. The molecule has 0 radical (unpaired) electrons. The van der Waals surface area contributed by atoms with E-state index in [-0.39, 0.29) is 43.1 Å². The number of nitrogens with one attached hydrogen (secondary N) is 4. The first-order valence-corrected chi connectivity index (χ1v) is 21.7. The van der Waals surface area contributed by atoms with Crippen molar-refractivity contribution in [2.75, 3.05) is 62.4 Å². The largest absolute Gasteiger partial charge is 0.491 e. The number of fused-ring (bicyclic) bond motifs is 2. The van der Waals surface area contributed by atoms with Gasteiger partial charge in [0.2, 0.25) is 11.8 Å². The lowest BCUT2D eigenvalue weighted by Gasteiger charge is -2.36. The second-order valence-electron chi connectivity index (χ2n) is 15.4. The van der Waals surface area contributed by atoms with Crippen LogP contribution in [0.3, 0.4) is 0 Å². The number of hydrogen-bond donors (Lipinski definition) is 4. The quantitative estimate of drug-likeness (QED) is 0.0646. The van der Waals surface area contributed by atoms with Crippen LogP contribution in [0.2, 0.25) is 0 Å². The highest BCUT2D eigenvalue weighted by molar-refractivity contribution is 7.17. The first kappa shape index (κ1) is 41.5. The molecule has 0 spiro atoms. The van der Waals surface area contributed by atoms with Crippen LogP contribution in [0.4, 0.5) is 10.8 Å². The number of hydrogen-bond acceptors (Lipinski definition) is 12. The fraction of sp³-hybridized carbons (Fsp3) is 0.378. The van der Waals surface area contributed by atoms with Crippen LogP contribution in [-0.4, -0.2) is 109 Å². The molecule has 0 saturated carbocycles. The molecule has 3 aliphatic heterocycles. The number of unbranched alkanes of at least 4 members (excludes halogenated alkanes) is 1. The van der Waals surface area contributed by atoms with Crippen molar-refractivity contribution in [2.45, 2.75) is 57.5 Å². The summed E-state index contributed by atoms with van der Waals surface area (Å²) in [5.74, 6) is -0.315. The number of anilines is 2. The number of amides is 4. The normalized spacial score (nSPS) is 17.1. The maximum absolute atomic E-state index is 13.4. The second-order valence-corrected chi connectivity index (χ2v) is 16.4. The Morgan fingerprint density at radius 1 is 0.934 bits per heavy atom. The predicted octanol–water partition coefficient (Wildman–Crippen LogP) is 5.54. The summed E-state index contributed by atoms with van der Waals surface area (Å²) < 4.78 is 17.4. The van der Waals surface area contributed by atoms with Gasteiger partial charge >= 0.3 is 0 Å². The van der Waals surface area contributed by atoms with Crippen molar-refractivity contribution < 1.29 is 33.4 Å². The number of nitrogens with zero attached hydrogens (tertiary/aromatic N) is 4. The van der Waals surface area contributed by atoms with E-state index in [0.717, 1.165) is 78.8 Å². The number of aromatic nitrogens is 2. The first-order chi connectivity index (χ1) is 29.7. The molecule has 2 unspecified atom stereocenters.